The SMILES string of the molecule is CS(=O)(=O)c1cc(OCCCN(Cc2cccc(C(F)(F)F)c2Cl)CC(c2ccccc2)c2ccccc2)cc(F)c1C(O)C(F)(F)F. The van der Waals surface area contributed by atoms with Gasteiger partial charge < -0.3 is 9.84 Å². The molecule has 258 valence electrons. The van der Waals surface area contributed by atoms with Crippen molar-refractivity contribution in [2.45, 2.75) is 42.2 Å². The van der Waals surface area contributed by atoms with Crippen molar-refractivity contribution in [1.82, 2.24) is 4.90 Å². The molecule has 0 heterocycles. The molecular formula is C34H31ClF7NO4S. The predicted molar refractivity (Wildman–Crippen MR) is 167 cm³/mol. The van der Waals surface area contributed by atoms with E-state index >= 15 is 0 Å². The molecule has 1 unspecified atom stereocenters. The minimum atomic E-state index is -5.33. The van der Waals surface area contributed by atoms with Gasteiger partial charge in [-0.05, 0) is 35.2 Å². The third-order valence-corrected chi connectivity index (χ3v) is 9.14. The van der Waals surface area contributed by atoms with Crippen LogP contribution in [0.3, 0.4) is 0 Å². The lowest BCUT2D eigenvalue weighted by molar-refractivity contribution is -0.208. The molecule has 0 aromatic heterocycles. The molecule has 0 radical (unpaired) electrons. The van der Waals surface area contributed by atoms with Gasteiger partial charge in [0.2, 0.25) is 0 Å². The molecule has 0 saturated heterocycles. The fraction of sp³-hybridized carbons (Fsp3) is 0.294. The molecule has 5 nitrogen and oxygen atoms in total. The third-order valence-electron chi connectivity index (χ3n) is 7.56. The van der Waals surface area contributed by atoms with Crippen molar-refractivity contribution in [3.63, 3.8) is 0 Å². The summed E-state index contributed by atoms with van der Waals surface area (Å²) in [6, 6.07) is 23.9. The number of nitrogens with zero attached hydrogens (tertiary/aromatic N) is 1. The van der Waals surface area contributed by atoms with Crippen LogP contribution < -0.4 is 4.74 Å². The van der Waals surface area contributed by atoms with Crippen LogP contribution in [0.5, 0.6) is 5.75 Å². The monoisotopic (exact) mass is 717 g/mol. The van der Waals surface area contributed by atoms with E-state index in [1.807, 2.05) is 65.6 Å². The number of benzene rings is 4. The minimum absolute atomic E-state index is 0.00973. The van der Waals surface area contributed by atoms with Crippen LogP contribution in [-0.4, -0.2) is 50.6 Å². The van der Waals surface area contributed by atoms with E-state index in [1.54, 1.807) is 0 Å². The Balaban J connectivity index is 1.60. The van der Waals surface area contributed by atoms with E-state index in [4.69, 9.17) is 16.3 Å². The molecule has 4 aromatic carbocycles. The molecule has 1 atom stereocenters. The van der Waals surface area contributed by atoms with Crippen molar-refractivity contribution in [3.05, 3.63) is 130 Å². The fourth-order valence-corrected chi connectivity index (χ4v) is 6.53. The normalized spacial score (nSPS) is 13.2. The first-order valence-electron chi connectivity index (χ1n) is 14.5. The number of aliphatic hydroxyl groups is 1. The average Bonchev–Trinajstić information content (AvgIpc) is 3.01. The van der Waals surface area contributed by atoms with E-state index in [0.717, 1.165) is 17.2 Å². The highest BCUT2D eigenvalue weighted by Crippen LogP contribution is 2.39. The average molecular weight is 718 g/mol. The Labute approximate surface area is 278 Å². The highest BCUT2D eigenvalue weighted by Gasteiger charge is 2.43. The van der Waals surface area contributed by atoms with E-state index in [2.05, 4.69) is 0 Å². The van der Waals surface area contributed by atoms with Crippen LogP contribution in [-0.2, 0) is 22.6 Å². The first-order chi connectivity index (χ1) is 22.5. The predicted octanol–water partition coefficient (Wildman–Crippen LogP) is 8.60. The van der Waals surface area contributed by atoms with Crippen LogP contribution in [0.25, 0.3) is 0 Å². The van der Waals surface area contributed by atoms with Gasteiger partial charge in [0.1, 0.15) is 11.6 Å². The molecule has 0 amide bonds. The number of halogens is 8. The Kier molecular flexibility index (Phi) is 11.8. The number of rotatable bonds is 13. The molecule has 1 N–H and O–H groups in total. The van der Waals surface area contributed by atoms with Gasteiger partial charge in [-0.25, -0.2) is 12.8 Å². The smallest absolute Gasteiger partial charge is 0.418 e. The maximum absolute atomic E-state index is 14.8. The first kappa shape index (κ1) is 37.2. The van der Waals surface area contributed by atoms with E-state index in [1.165, 1.54) is 12.1 Å². The Morgan fingerprint density at radius 3 is 1.98 bits per heavy atom. The highest BCUT2D eigenvalue weighted by atomic mass is 35.5. The molecule has 0 aliphatic rings. The summed E-state index contributed by atoms with van der Waals surface area (Å²) in [6.45, 7) is 0.389. The van der Waals surface area contributed by atoms with Crippen molar-refractivity contribution >= 4 is 21.4 Å². The Bertz CT molecular complexity index is 1750. The lowest BCUT2D eigenvalue weighted by Gasteiger charge is -2.29. The largest absolute Gasteiger partial charge is 0.493 e. The molecule has 4 rings (SSSR count). The number of hydrogen-bond acceptors (Lipinski definition) is 5. The Morgan fingerprint density at radius 2 is 1.46 bits per heavy atom. The second kappa shape index (κ2) is 15.3. The standard InChI is InChI=1S/C34H31ClF7NO4S/c1-48(45,46)29-19-25(18-28(36)30(29)32(44)34(40,41)42)47-17-9-16-43(20-24-14-8-15-27(31(24)35)33(37,38)39)21-26(22-10-4-2-5-11-22)23-12-6-3-7-13-23/h2-8,10-15,18-19,26,32,44H,9,16-17,20-21H2,1H3. The summed E-state index contributed by atoms with van der Waals surface area (Å²) in [5.41, 5.74) is -0.286. The van der Waals surface area contributed by atoms with E-state index in [9.17, 15) is 44.3 Å². The second-order valence-corrected chi connectivity index (χ2v) is 13.5. The molecule has 0 aliphatic heterocycles. The van der Waals surface area contributed by atoms with Crippen molar-refractivity contribution in [1.29, 1.82) is 0 Å². The molecule has 4 aromatic rings. The number of hydrogen-bond donors (Lipinski definition) is 1. The van der Waals surface area contributed by atoms with Gasteiger partial charge >= 0.3 is 12.4 Å². The number of sulfone groups is 1. The zero-order valence-electron chi connectivity index (χ0n) is 25.4. The molecule has 0 bridgehead atoms. The van der Waals surface area contributed by atoms with Gasteiger partial charge in [-0.15, -0.1) is 0 Å². The van der Waals surface area contributed by atoms with Gasteiger partial charge in [-0.2, -0.15) is 26.3 Å². The van der Waals surface area contributed by atoms with Crippen molar-refractivity contribution in [3.8, 4) is 5.75 Å². The maximum Gasteiger partial charge on any atom is 0.418 e. The molecule has 48 heavy (non-hydrogen) atoms. The van der Waals surface area contributed by atoms with Gasteiger partial charge in [0.05, 0.1) is 22.1 Å². The van der Waals surface area contributed by atoms with Crippen LogP contribution in [0.15, 0.2) is 95.9 Å². The maximum atomic E-state index is 14.8. The topological polar surface area (TPSA) is 66.8 Å². The Morgan fingerprint density at radius 1 is 0.875 bits per heavy atom. The highest BCUT2D eigenvalue weighted by molar-refractivity contribution is 7.90. The van der Waals surface area contributed by atoms with Crippen LogP contribution >= 0.6 is 11.6 Å². The van der Waals surface area contributed by atoms with Crippen LogP contribution in [0.2, 0.25) is 5.02 Å². The second-order valence-electron chi connectivity index (χ2n) is 11.1. The summed E-state index contributed by atoms with van der Waals surface area (Å²) in [7, 11) is -4.43. The minimum Gasteiger partial charge on any atom is -0.493 e. The Hall–Kier alpha value is -3.65. The molecule has 0 spiro atoms. The zero-order valence-corrected chi connectivity index (χ0v) is 27.0. The molecule has 0 aliphatic carbocycles. The summed E-state index contributed by atoms with van der Waals surface area (Å²) in [5.74, 6) is -2.21. The lowest BCUT2D eigenvalue weighted by atomic mass is 9.90. The number of ether oxygens (including phenoxy) is 1. The lowest BCUT2D eigenvalue weighted by Crippen LogP contribution is -2.31. The third kappa shape index (κ3) is 9.49. The summed E-state index contributed by atoms with van der Waals surface area (Å²) < 4.78 is 125. The van der Waals surface area contributed by atoms with Crippen molar-refractivity contribution in [2.75, 3.05) is 26.0 Å². The van der Waals surface area contributed by atoms with Crippen LogP contribution in [0.1, 0.15) is 46.3 Å². The van der Waals surface area contributed by atoms with Gasteiger partial charge in [-0.1, -0.05) is 84.4 Å². The summed E-state index contributed by atoms with van der Waals surface area (Å²) >= 11 is 6.23. The summed E-state index contributed by atoms with van der Waals surface area (Å²) in [6.07, 6.45) is -12.6. The van der Waals surface area contributed by atoms with Crippen LogP contribution in [0, 0.1) is 5.82 Å². The van der Waals surface area contributed by atoms with E-state index in [-0.39, 0.29) is 43.3 Å². The van der Waals surface area contributed by atoms with E-state index in [0.29, 0.717) is 24.9 Å². The summed E-state index contributed by atoms with van der Waals surface area (Å²) in [4.78, 5) is 0.803. The quantitative estimate of drug-likeness (QED) is 0.111. The fourth-order valence-electron chi connectivity index (χ4n) is 5.30. The van der Waals surface area contributed by atoms with Gasteiger partial charge in [0.25, 0.3) is 0 Å². The van der Waals surface area contributed by atoms with Gasteiger partial charge in [0.15, 0.2) is 15.9 Å². The van der Waals surface area contributed by atoms with E-state index < -0.39 is 55.2 Å². The van der Waals surface area contributed by atoms with Crippen LogP contribution in [0.4, 0.5) is 30.7 Å². The first-order valence-corrected chi connectivity index (χ1v) is 16.8. The van der Waals surface area contributed by atoms with Crippen molar-refractivity contribution in [2.24, 2.45) is 0 Å². The van der Waals surface area contributed by atoms with Gasteiger partial charge in [-0.3, -0.25) is 4.90 Å². The zero-order chi connectivity index (χ0) is 35.3. The molecular weight excluding hydrogens is 687 g/mol. The number of alkyl halides is 6. The molecule has 0 fully saturated rings. The van der Waals surface area contributed by atoms with Gasteiger partial charge in [0, 0.05) is 43.4 Å². The van der Waals surface area contributed by atoms with Crippen molar-refractivity contribution < 1.29 is 49.0 Å². The molecule has 14 heteroatoms. The molecule has 0 saturated carbocycles. The number of aliphatic hydroxyl groups excluding tert-OH is 1. The summed E-state index contributed by atoms with van der Waals surface area (Å²) in [5, 5.41) is 9.20.